The molecule has 0 spiro atoms. The molecule has 0 aliphatic carbocycles. The lowest BCUT2D eigenvalue weighted by molar-refractivity contribution is -0.138. The first-order chi connectivity index (χ1) is 8.18. The van der Waals surface area contributed by atoms with E-state index in [1.165, 1.54) is 4.68 Å². The van der Waals surface area contributed by atoms with Gasteiger partial charge in [0.25, 0.3) is 0 Å². The highest BCUT2D eigenvalue weighted by atomic mass is 16.4. The van der Waals surface area contributed by atoms with Crippen molar-refractivity contribution in [2.24, 2.45) is 0 Å². The van der Waals surface area contributed by atoms with Crippen LogP contribution in [-0.2, 0) is 11.3 Å². The molecule has 88 valence electrons. The maximum absolute atomic E-state index is 10.9. The summed E-state index contributed by atoms with van der Waals surface area (Å²) in [4.78, 5) is 10.9. The quantitative estimate of drug-likeness (QED) is 0.847. The molecular formula is C11H12N4O2. The highest BCUT2D eigenvalue weighted by Gasteiger charge is 2.20. The molecule has 0 aliphatic heterocycles. The fourth-order valence-corrected chi connectivity index (χ4v) is 1.50. The molecule has 0 aliphatic rings. The van der Waals surface area contributed by atoms with Crippen LogP contribution >= 0.6 is 0 Å². The van der Waals surface area contributed by atoms with Crippen LogP contribution in [0, 0.1) is 0 Å². The summed E-state index contributed by atoms with van der Waals surface area (Å²) in [5.74, 6) is -1.29. The lowest BCUT2D eigenvalue weighted by Gasteiger charge is -2.07. The number of carboxylic acids is 1. The lowest BCUT2D eigenvalue weighted by Crippen LogP contribution is -2.15. The number of nitrogens with zero attached hydrogens (tertiary/aromatic N) is 4. The molecule has 2 aromatic rings. The van der Waals surface area contributed by atoms with Gasteiger partial charge >= 0.3 is 5.97 Å². The molecule has 1 heterocycles. The predicted octanol–water partition coefficient (Wildman–Crippen LogP) is 0.909. The number of hydrogen-bond acceptors (Lipinski definition) is 4. The summed E-state index contributed by atoms with van der Waals surface area (Å²) >= 11 is 0. The van der Waals surface area contributed by atoms with Crippen LogP contribution in [-0.4, -0.2) is 31.3 Å². The minimum absolute atomic E-state index is 0.362. The Hall–Kier alpha value is -2.24. The summed E-state index contributed by atoms with van der Waals surface area (Å²) in [6, 6.07) is 9.64. The van der Waals surface area contributed by atoms with Gasteiger partial charge in [0.15, 0.2) is 5.82 Å². The summed E-state index contributed by atoms with van der Waals surface area (Å²) < 4.78 is 1.51. The Kier molecular flexibility index (Phi) is 3.13. The summed E-state index contributed by atoms with van der Waals surface area (Å²) in [5.41, 5.74) is 1.03. The second-order valence-corrected chi connectivity index (χ2v) is 3.74. The molecule has 0 radical (unpaired) electrons. The Labute approximate surface area is 97.9 Å². The minimum Gasteiger partial charge on any atom is -0.481 e. The zero-order valence-electron chi connectivity index (χ0n) is 9.32. The predicted molar refractivity (Wildman–Crippen MR) is 59.4 cm³/mol. The molecule has 1 atom stereocenters. The second-order valence-electron chi connectivity index (χ2n) is 3.74. The van der Waals surface area contributed by atoms with E-state index in [-0.39, 0.29) is 0 Å². The van der Waals surface area contributed by atoms with E-state index in [2.05, 4.69) is 15.5 Å². The lowest BCUT2D eigenvalue weighted by atomic mass is 10.1. The van der Waals surface area contributed by atoms with Gasteiger partial charge in [-0.2, -0.15) is 0 Å². The third kappa shape index (κ3) is 2.47. The molecule has 1 aromatic carbocycles. The van der Waals surface area contributed by atoms with Gasteiger partial charge in [0.2, 0.25) is 0 Å². The largest absolute Gasteiger partial charge is 0.481 e. The average Bonchev–Trinajstić information content (AvgIpc) is 2.77. The Bertz CT molecular complexity index is 509. The molecule has 6 heteroatoms. The van der Waals surface area contributed by atoms with Gasteiger partial charge in [-0.1, -0.05) is 30.3 Å². The van der Waals surface area contributed by atoms with Crippen molar-refractivity contribution in [3.63, 3.8) is 0 Å². The molecular weight excluding hydrogens is 220 g/mol. The van der Waals surface area contributed by atoms with Crippen molar-refractivity contribution in [3.05, 3.63) is 41.7 Å². The Morgan fingerprint density at radius 2 is 2.12 bits per heavy atom. The van der Waals surface area contributed by atoms with E-state index in [0.717, 1.165) is 5.56 Å². The van der Waals surface area contributed by atoms with E-state index in [9.17, 15) is 4.79 Å². The molecule has 0 fully saturated rings. The maximum Gasteiger partial charge on any atom is 0.314 e. The zero-order valence-corrected chi connectivity index (χ0v) is 9.32. The normalized spacial score (nSPS) is 12.3. The van der Waals surface area contributed by atoms with Crippen molar-refractivity contribution in [2.45, 2.75) is 19.4 Å². The van der Waals surface area contributed by atoms with Gasteiger partial charge in [0.05, 0.1) is 6.54 Å². The summed E-state index contributed by atoms with van der Waals surface area (Å²) in [7, 11) is 0. The number of aromatic nitrogens is 4. The molecule has 17 heavy (non-hydrogen) atoms. The average molecular weight is 232 g/mol. The van der Waals surface area contributed by atoms with Crippen molar-refractivity contribution in [1.29, 1.82) is 0 Å². The van der Waals surface area contributed by atoms with Crippen molar-refractivity contribution in [1.82, 2.24) is 20.2 Å². The van der Waals surface area contributed by atoms with E-state index in [4.69, 9.17) is 5.11 Å². The second kappa shape index (κ2) is 4.73. The molecule has 0 saturated carbocycles. The van der Waals surface area contributed by atoms with Gasteiger partial charge in [0.1, 0.15) is 5.92 Å². The number of tetrazole rings is 1. The van der Waals surface area contributed by atoms with Crippen LogP contribution in [0.15, 0.2) is 30.3 Å². The molecule has 0 saturated heterocycles. The van der Waals surface area contributed by atoms with Crippen molar-refractivity contribution in [2.75, 3.05) is 0 Å². The van der Waals surface area contributed by atoms with Gasteiger partial charge in [-0.3, -0.25) is 4.79 Å². The Balaban J connectivity index is 2.23. The van der Waals surface area contributed by atoms with Crippen LogP contribution in [0.1, 0.15) is 24.2 Å². The van der Waals surface area contributed by atoms with Crippen LogP contribution in [0.3, 0.4) is 0 Å². The standard InChI is InChI=1S/C11H12N4O2/c1-8(11(16)17)10-12-13-14-15(10)7-9-5-3-2-4-6-9/h2-6,8H,7H2,1H3,(H,16,17). The third-order valence-electron chi connectivity index (χ3n) is 2.49. The summed E-state index contributed by atoms with van der Waals surface area (Å²) in [6.45, 7) is 2.04. The summed E-state index contributed by atoms with van der Waals surface area (Å²) in [5, 5.41) is 20.0. The van der Waals surface area contributed by atoms with Crippen LogP contribution < -0.4 is 0 Å². The number of aliphatic carboxylic acids is 1. The Morgan fingerprint density at radius 3 is 2.76 bits per heavy atom. The molecule has 1 unspecified atom stereocenters. The van der Waals surface area contributed by atoms with Gasteiger partial charge in [-0.15, -0.1) is 5.10 Å². The SMILES string of the molecule is CC(C(=O)O)c1nnnn1Cc1ccccc1. The van der Waals surface area contributed by atoms with Gasteiger partial charge in [-0.05, 0) is 22.9 Å². The molecule has 0 amide bonds. The van der Waals surface area contributed by atoms with Crippen LogP contribution in [0.5, 0.6) is 0 Å². The van der Waals surface area contributed by atoms with Crippen LogP contribution in [0.25, 0.3) is 0 Å². The molecule has 2 rings (SSSR count). The number of benzene rings is 1. The van der Waals surface area contributed by atoms with Gasteiger partial charge in [0, 0.05) is 0 Å². The fourth-order valence-electron chi connectivity index (χ4n) is 1.50. The highest BCUT2D eigenvalue weighted by molar-refractivity contribution is 5.74. The molecule has 1 N–H and O–H groups in total. The van der Waals surface area contributed by atoms with E-state index in [1.54, 1.807) is 6.92 Å². The first-order valence-corrected chi connectivity index (χ1v) is 5.21. The maximum atomic E-state index is 10.9. The molecule has 6 nitrogen and oxygen atoms in total. The number of carboxylic acid groups (broad SMARTS) is 1. The monoisotopic (exact) mass is 232 g/mol. The highest BCUT2D eigenvalue weighted by Crippen LogP contribution is 2.12. The first-order valence-electron chi connectivity index (χ1n) is 5.21. The topological polar surface area (TPSA) is 80.9 Å². The smallest absolute Gasteiger partial charge is 0.314 e. The van der Waals surface area contributed by atoms with Crippen molar-refractivity contribution >= 4 is 5.97 Å². The number of carbonyl (C=O) groups is 1. The number of rotatable bonds is 4. The van der Waals surface area contributed by atoms with Gasteiger partial charge in [-0.25, -0.2) is 4.68 Å². The first kappa shape index (κ1) is 11.3. The van der Waals surface area contributed by atoms with Gasteiger partial charge < -0.3 is 5.11 Å². The summed E-state index contributed by atoms with van der Waals surface area (Å²) in [6.07, 6.45) is 0. The number of hydrogen-bond donors (Lipinski definition) is 1. The Morgan fingerprint density at radius 1 is 1.41 bits per heavy atom. The molecule has 1 aromatic heterocycles. The van der Waals surface area contributed by atoms with E-state index >= 15 is 0 Å². The van der Waals surface area contributed by atoms with E-state index < -0.39 is 11.9 Å². The van der Waals surface area contributed by atoms with E-state index in [0.29, 0.717) is 12.4 Å². The van der Waals surface area contributed by atoms with Crippen LogP contribution in [0.4, 0.5) is 0 Å². The zero-order chi connectivity index (χ0) is 12.3. The minimum atomic E-state index is -0.936. The van der Waals surface area contributed by atoms with E-state index in [1.807, 2.05) is 30.3 Å². The fraction of sp³-hybridized carbons (Fsp3) is 0.273. The van der Waals surface area contributed by atoms with Crippen LogP contribution in [0.2, 0.25) is 0 Å². The van der Waals surface area contributed by atoms with Crippen molar-refractivity contribution in [3.8, 4) is 0 Å². The van der Waals surface area contributed by atoms with Crippen molar-refractivity contribution < 1.29 is 9.90 Å². The molecule has 0 bridgehead atoms. The third-order valence-corrected chi connectivity index (χ3v) is 2.49.